The monoisotopic (exact) mass is 355 g/mol. The van der Waals surface area contributed by atoms with Crippen LogP contribution in [0.2, 0.25) is 0 Å². The van der Waals surface area contributed by atoms with Crippen molar-refractivity contribution in [3.63, 3.8) is 0 Å². The molecule has 4 heterocycles. The van der Waals surface area contributed by atoms with Gasteiger partial charge in [0.05, 0.1) is 17.8 Å². The summed E-state index contributed by atoms with van der Waals surface area (Å²) >= 11 is 0. The van der Waals surface area contributed by atoms with Gasteiger partial charge in [0.15, 0.2) is 11.6 Å². The molecule has 0 spiro atoms. The van der Waals surface area contributed by atoms with Gasteiger partial charge in [0.2, 0.25) is 0 Å². The summed E-state index contributed by atoms with van der Waals surface area (Å²) in [4.78, 5) is 19.3. The minimum absolute atomic E-state index is 0.127. The number of aryl methyl sites for hydroxylation is 2. The molecule has 0 bridgehead atoms. The van der Waals surface area contributed by atoms with Crippen molar-refractivity contribution in [2.45, 2.75) is 38.6 Å². The van der Waals surface area contributed by atoms with E-state index in [1.165, 1.54) is 0 Å². The number of hydrogen-bond acceptors (Lipinski definition) is 6. The molecule has 1 saturated heterocycles. The normalized spacial score (nSPS) is 18.1. The highest BCUT2D eigenvalue weighted by Crippen LogP contribution is 2.31. The molecule has 0 aromatic carbocycles. The number of likely N-dealkylation sites (tertiary alicyclic amines) is 1. The Balaban J connectivity index is 1.63. The maximum atomic E-state index is 13.0. The third-order valence-electron chi connectivity index (χ3n) is 4.66. The van der Waals surface area contributed by atoms with Crippen molar-refractivity contribution >= 4 is 5.91 Å². The molecule has 0 radical (unpaired) electrons. The van der Waals surface area contributed by atoms with Crippen LogP contribution in [0, 0.1) is 6.92 Å². The molecule has 0 N–H and O–H groups in total. The van der Waals surface area contributed by atoms with Crippen molar-refractivity contribution in [1.29, 1.82) is 0 Å². The minimum Gasteiger partial charge on any atom is -0.456 e. The van der Waals surface area contributed by atoms with E-state index in [0.717, 1.165) is 37.0 Å². The predicted octanol–water partition coefficient (Wildman–Crippen LogP) is 3.13. The molecule has 0 aliphatic carbocycles. The zero-order chi connectivity index (χ0) is 18.1. The van der Waals surface area contributed by atoms with E-state index in [2.05, 4.69) is 15.2 Å². The maximum absolute atomic E-state index is 13.0. The van der Waals surface area contributed by atoms with Crippen LogP contribution >= 0.6 is 0 Å². The molecular weight excluding hydrogens is 334 g/mol. The smallest absolute Gasteiger partial charge is 0.290 e. The van der Waals surface area contributed by atoms with E-state index >= 15 is 0 Å². The van der Waals surface area contributed by atoms with Crippen LogP contribution < -0.4 is 0 Å². The molecule has 1 amide bonds. The van der Waals surface area contributed by atoms with E-state index < -0.39 is 0 Å². The standard InChI is InChI=1S/C18H21N5O3/c1-12-7-8-15(25-12)18(24)23-9-5-3-4-6-14(23)16-20-17(26-21-16)13-10-19-22(2)11-13/h7-8,10-11,14H,3-6,9H2,1-2H3/t14-/m0/s1. The summed E-state index contributed by atoms with van der Waals surface area (Å²) in [6.07, 6.45) is 7.34. The number of nitrogens with zero attached hydrogens (tertiary/aromatic N) is 5. The van der Waals surface area contributed by atoms with Crippen molar-refractivity contribution in [3.8, 4) is 11.5 Å². The molecule has 136 valence electrons. The molecule has 8 heteroatoms. The summed E-state index contributed by atoms with van der Waals surface area (Å²) < 4.78 is 12.6. The lowest BCUT2D eigenvalue weighted by Crippen LogP contribution is -2.35. The Bertz CT molecular complexity index is 909. The van der Waals surface area contributed by atoms with Gasteiger partial charge < -0.3 is 13.8 Å². The van der Waals surface area contributed by atoms with Crippen molar-refractivity contribution in [2.75, 3.05) is 6.54 Å². The second-order valence-corrected chi connectivity index (χ2v) is 6.63. The first-order valence-electron chi connectivity index (χ1n) is 8.82. The minimum atomic E-state index is -0.218. The fraction of sp³-hybridized carbons (Fsp3) is 0.444. The van der Waals surface area contributed by atoms with Crippen LogP contribution in [0.1, 0.15) is 53.9 Å². The van der Waals surface area contributed by atoms with Crippen LogP contribution in [-0.2, 0) is 7.05 Å². The zero-order valence-corrected chi connectivity index (χ0v) is 14.9. The highest BCUT2D eigenvalue weighted by atomic mass is 16.5. The third kappa shape index (κ3) is 3.14. The summed E-state index contributed by atoms with van der Waals surface area (Å²) in [6.45, 7) is 2.48. The molecule has 8 nitrogen and oxygen atoms in total. The first-order valence-corrected chi connectivity index (χ1v) is 8.82. The molecule has 4 rings (SSSR count). The van der Waals surface area contributed by atoms with Crippen LogP contribution in [0.5, 0.6) is 0 Å². The largest absolute Gasteiger partial charge is 0.456 e. The number of carbonyl (C=O) groups is 1. The van der Waals surface area contributed by atoms with Crippen LogP contribution in [0.3, 0.4) is 0 Å². The molecule has 0 unspecified atom stereocenters. The van der Waals surface area contributed by atoms with E-state index in [1.807, 2.05) is 25.1 Å². The number of carbonyl (C=O) groups excluding carboxylic acids is 1. The van der Waals surface area contributed by atoms with Gasteiger partial charge in [0, 0.05) is 19.8 Å². The summed E-state index contributed by atoms with van der Waals surface area (Å²) in [5, 5.41) is 8.28. The Labute approximate surface area is 150 Å². The fourth-order valence-electron chi connectivity index (χ4n) is 3.33. The van der Waals surface area contributed by atoms with Gasteiger partial charge >= 0.3 is 0 Å². The van der Waals surface area contributed by atoms with Crippen molar-refractivity contribution < 1.29 is 13.7 Å². The second-order valence-electron chi connectivity index (χ2n) is 6.63. The predicted molar refractivity (Wildman–Crippen MR) is 92.2 cm³/mol. The van der Waals surface area contributed by atoms with E-state index in [9.17, 15) is 4.79 Å². The molecule has 26 heavy (non-hydrogen) atoms. The summed E-state index contributed by atoms with van der Waals surface area (Å²) in [5.74, 6) is 1.89. The molecule has 1 atom stereocenters. The Kier molecular flexibility index (Phi) is 4.32. The molecule has 1 aliphatic rings. The van der Waals surface area contributed by atoms with Gasteiger partial charge in [-0.25, -0.2) is 0 Å². The molecule has 1 aliphatic heterocycles. The number of hydrogen-bond donors (Lipinski definition) is 0. The van der Waals surface area contributed by atoms with Crippen molar-refractivity contribution in [1.82, 2.24) is 24.8 Å². The van der Waals surface area contributed by atoms with Crippen molar-refractivity contribution in [3.05, 3.63) is 41.9 Å². The number of amides is 1. The number of furan rings is 1. The highest BCUT2D eigenvalue weighted by molar-refractivity contribution is 5.91. The van der Waals surface area contributed by atoms with Gasteiger partial charge in [0.1, 0.15) is 5.76 Å². The first kappa shape index (κ1) is 16.6. The first-order chi connectivity index (χ1) is 12.6. The van der Waals surface area contributed by atoms with E-state index in [-0.39, 0.29) is 11.9 Å². The lowest BCUT2D eigenvalue weighted by molar-refractivity contribution is 0.0636. The highest BCUT2D eigenvalue weighted by Gasteiger charge is 2.32. The summed E-state index contributed by atoms with van der Waals surface area (Å²) in [5.41, 5.74) is 0.763. The summed E-state index contributed by atoms with van der Waals surface area (Å²) in [7, 11) is 1.83. The second kappa shape index (κ2) is 6.78. The van der Waals surface area contributed by atoms with E-state index in [4.69, 9.17) is 8.94 Å². The lowest BCUT2D eigenvalue weighted by Gasteiger charge is -2.26. The average Bonchev–Trinajstić information content (AvgIpc) is 3.33. The summed E-state index contributed by atoms with van der Waals surface area (Å²) in [6, 6.07) is 3.30. The van der Waals surface area contributed by atoms with Crippen LogP contribution in [-0.4, -0.2) is 37.3 Å². The Hall–Kier alpha value is -2.90. The molecule has 3 aromatic rings. The van der Waals surface area contributed by atoms with Crippen LogP contribution in [0.4, 0.5) is 0 Å². The van der Waals surface area contributed by atoms with Crippen molar-refractivity contribution in [2.24, 2.45) is 7.05 Å². The number of rotatable bonds is 3. The zero-order valence-electron chi connectivity index (χ0n) is 14.9. The van der Waals surface area contributed by atoms with E-state index in [1.54, 1.807) is 23.0 Å². The Morgan fingerprint density at radius 3 is 2.88 bits per heavy atom. The van der Waals surface area contributed by atoms with Gasteiger partial charge in [0.25, 0.3) is 11.8 Å². The molecule has 1 fully saturated rings. The van der Waals surface area contributed by atoms with E-state index in [0.29, 0.717) is 24.0 Å². The molecule has 0 saturated carbocycles. The van der Waals surface area contributed by atoms with Gasteiger partial charge in [-0.15, -0.1) is 0 Å². The Morgan fingerprint density at radius 2 is 2.15 bits per heavy atom. The fourth-order valence-corrected chi connectivity index (χ4v) is 3.33. The van der Waals surface area contributed by atoms with Crippen LogP contribution in [0.15, 0.2) is 33.5 Å². The SMILES string of the molecule is Cc1ccc(C(=O)N2CCCCC[C@H]2c2noc(-c3cnn(C)c3)n2)o1. The van der Waals surface area contributed by atoms with Gasteiger partial charge in [-0.05, 0) is 31.9 Å². The van der Waals surface area contributed by atoms with Gasteiger partial charge in [-0.1, -0.05) is 18.0 Å². The van der Waals surface area contributed by atoms with Gasteiger partial charge in [-0.3, -0.25) is 9.48 Å². The molecular formula is C18H21N5O3. The average molecular weight is 355 g/mol. The topological polar surface area (TPSA) is 90.2 Å². The third-order valence-corrected chi connectivity index (χ3v) is 4.66. The quantitative estimate of drug-likeness (QED) is 0.717. The maximum Gasteiger partial charge on any atom is 0.290 e. The lowest BCUT2D eigenvalue weighted by atomic mass is 10.1. The number of aromatic nitrogens is 4. The Morgan fingerprint density at radius 1 is 1.27 bits per heavy atom. The molecule has 3 aromatic heterocycles. The van der Waals surface area contributed by atoms with Crippen LogP contribution in [0.25, 0.3) is 11.5 Å². The van der Waals surface area contributed by atoms with Gasteiger partial charge in [-0.2, -0.15) is 10.1 Å².